The molecule has 1 aromatic heterocycles. The first-order valence-corrected chi connectivity index (χ1v) is 11.9. The van der Waals surface area contributed by atoms with Crippen LogP contribution in [0.3, 0.4) is 0 Å². The molecule has 0 aliphatic rings. The van der Waals surface area contributed by atoms with Crippen molar-refractivity contribution < 1.29 is 9.59 Å². The monoisotopic (exact) mass is 472 g/mol. The van der Waals surface area contributed by atoms with Crippen molar-refractivity contribution in [3.63, 3.8) is 0 Å². The molecular weight excluding hydrogens is 452 g/mol. The van der Waals surface area contributed by atoms with Gasteiger partial charge in [0, 0.05) is 27.6 Å². The molecule has 0 spiro atoms. The van der Waals surface area contributed by atoms with Gasteiger partial charge < -0.3 is 0 Å². The molecule has 0 saturated heterocycles. The highest BCUT2D eigenvalue weighted by Crippen LogP contribution is 2.23. The highest BCUT2D eigenvalue weighted by molar-refractivity contribution is 7.98. The largest absolute Gasteiger partial charge is 0.271 e. The zero-order valence-electron chi connectivity index (χ0n) is 17.2. The highest BCUT2D eigenvalue weighted by atomic mass is 35.5. The van der Waals surface area contributed by atoms with Crippen LogP contribution in [0, 0.1) is 13.8 Å². The summed E-state index contributed by atoms with van der Waals surface area (Å²) in [5.74, 6) is -0.204. The van der Waals surface area contributed by atoms with Crippen LogP contribution in [-0.2, 0) is 5.75 Å². The summed E-state index contributed by atoms with van der Waals surface area (Å²) in [5.41, 5.74) is 8.47. The number of benzene rings is 2. The van der Waals surface area contributed by atoms with E-state index in [4.69, 9.17) is 11.6 Å². The van der Waals surface area contributed by atoms with E-state index in [9.17, 15) is 9.59 Å². The number of aryl methyl sites for hydroxylation is 2. The maximum atomic E-state index is 12.4. The van der Waals surface area contributed by atoms with Gasteiger partial charge in [-0.05, 0) is 62.1 Å². The quantitative estimate of drug-likeness (QED) is 0.303. The van der Waals surface area contributed by atoms with E-state index in [1.807, 2.05) is 44.4 Å². The molecule has 0 unspecified atom stereocenters. The van der Waals surface area contributed by atoms with E-state index in [0.29, 0.717) is 21.9 Å². The van der Waals surface area contributed by atoms with E-state index < -0.39 is 11.8 Å². The summed E-state index contributed by atoms with van der Waals surface area (Å²) in [6, 6.07) is 14.3. The predicted molar refractivity (Wildman–Crippen MR) is 126 cm³/mol. The third-order valence-electron chi connectivity index (χ3n) is 4.25. The molecule has 0 radical (unpaired) electrons. The van der Waals surface area contributed by atoms with E-state index in [2.05, 4.69) is 20.8 Å². The van der Waals surface area contributed by atoms with Gasteiger partial charge in [-0.25, -0.2) is 9.97 Å². The first-order valence-electron chi connectivity index (χ1n) is 9.34. The molecule has 2 N–H and O–H groups in total. The van der Waals surface area contributed by atoms with Gasteiger partial charge in [-0.3, -0.25) is 20.4 Å². The third kappa shape index (κ3) is 6.46. The Labute approximate surface area is 194 Å². The van der Waals surface area contributed by atoms with Gasteiger partial charge in [0.2, 0.25) is 0 Å². The fourth-order valence-corrected chi connectivity index (χ4v) is 4.27. The van der Waals surface area contributed by atoms with Gasteiger partial charge in [0.1, 0.15) is 0 Å². The van der Waals surface area contributed by atoms with Gasteiger partial charge in [0.25, 0.3) is 11.8 Å². The first-order chi connectivity index (χ1) is 14.9. The molecule has 0 saturated carbocycles. The van der Waals surface area contributed by atoms with Gasteiger partial charge in [-0.15, -0.1) is 11.8 Å². The second-order valence-electron chi connectivity index (χ2n) is 6.67. The fourth-order valence-electron chi connectivity index (χ4n) is 2.72. The standard InChI is InChI=1S/C22H21ClN4O2S2/c1-13-10-14(2)25-22(24-13)31-12-15-4-6-16(7-5-15)20(28)26-27-21(29)18-11-17(30-3)8-9-19(18)23/h4-11H,12H2,1-3H3,(H,26,28)(H,27,29). The van der Waals surface area contributed by atoms with Crippen molar-refractivity contribution in [2.24, 2.45) is 0 Å². The molecule has 0 aliphatic heterocycles. The molecule has 0 bridgehead atoms. The second-order valence-corrected chi connectivity index (χ2v) is 8.90. The van der Waals surface area contributed by atoms with Crippen molar-refractivity contribution in [1.29, 1.82) is 0 Å². The van der Waals surface area contributed by atoms with Crippen LogP contribution in [0.4, 0.5) is 0 Å². The number of hydrazine groups is 1. The zero-order valence-corrected chi connectivity index (χ0v) is 19.6. The number of carbonyl (C=O) groups is 2. The van der Waals surface area contributed by atoms with Gasteiger partial charge in [0.15, 0.2) is 5.16 Å². The number of rotatable bonds is 6. The number of hydrogen-bond acceptors (Lipinski definition) is 6. The lowest BCUT2D eigenvalue weighted by Gasteiger charge is -2.10. The fraction of sp³-hybridized carbons (Fsp3) is 0.182. The van der Waals surface area contributed by atoms with E-state index in [1.54, 1.807) is 24.3 Å². The van der Waals surface area contributed by atoms with Gasteiger partial charge in [0.05, 0.1) is 10.6 Å². The Morgan fingerprint density at radius 3 is 2.23 bits per heavy atom. The van der Waals surface area contributed by atoms with Gasteiger partial charge in [-0.1, -0.05) is 35.5 Å². The number of nitrogens with zero attached hydrogens (tertiary/aromatic N) is 2. The number of thioether (sulfide) groups is 2. The van der Waals surface area contributed by atoms with Gasteiger partial charge >= 0.3 is 0 Å². The molecule has 6 nitrogen and oxygen atoms in total. The summed E-state index contributed by atoms with van der Waals surface area (Å²) in [6.45, 7) is 3.89. The summed E-state index contributed by atoms with van der Waals surface area (Å²) < 4.78 is 0. The number of amides is 2. The van der Waals surface area contributed by atoms with Crippen LogP contribution in [-0.4, -0.2) is 28.0 Å². The molecule has 9 heteroatoms. The van der Waals surface area contributed by atoms with E-state index in [0.717, 1.165) is 27.0 Å². The summed E-state index contributed by atoms with van der Waals surface area (Å²) in [5, 5.41) is 1.05. The number of carbonyl (C=O) groups excluding carboxylic acids is 2. The van der Waals surface area contributed by atoms with Crippen LogP contribution in [0.5, 0.6) is 0 Å². The Morgan fingerprint density at radius 2 is 1.58 bits per heavy atom. The zero-order chi connectivity index (χ0) is 22.4. The molecule has 2 amide bonds. The molecule has 1 heterocycles. The third-order valence-corrected chi connectivity index (χ3v) is 6.23. The lowest BCUT2D eigenvalue weighted by Crippen LogP contribution is -2.41. The van der Waals surface area contributed by atoms with Crippen molar-refractivity contribution in [3.8, 4) is 0 Å². The number of hydrogen-bond donors (Lipinski definition) is 2. The van der Waals surface area contributed by atoms with Crippen molar-refractivity contribution in [2.75, 3.05) is 6.26 Å². The molecule has 0 atom stereocenters. The normalized spacial score (nSPS) is 10.6. The molecule has 3 rings (SSSR count). The van der Waals surface area contributed by atoms with E-state index >= 15 is 0 Å². The van der Waals surface area contributed by atoms with Crippen LogP contribution >= 0.6 is 35.1 Å². The maximum Gasteiger partial charge on any atom is 0.271 e. The predicted octanol–water partition coefficient (Wildman–Crippen LogP) is 4.84. The second kappa shape index (κ2) is 10.7. The molecule has 0 fully saturated rings. The average Bonchev–Trinajstić information content (AvgIpc) is 2.76. The molecular formula is C22H21ClN4O2S2. The lowest BCUT2D eigenvalue weighted by atomic mass is 10.1. The van der Waals surface area contributed by atoms with Gasteiger partial charge in [-0.2, -0.15) is 0 Å². The Bertz CT molecular complexity index is 1090. The van der Waals surface area contributed by atoms with Crippen LogP contribution in [0.25, 0.3) is 0 Å². The Kier molecular flexibility index (Phi) is 7.95. The molecule has 0 aliphatic carbocycles. The van der Waals surface area contributed by atoms with E-state index in [1.165, 1.54) is 23.5 Å². The summed E-state index contributed by atoms with van der Waals surface area (Å²) in [6.07, 6.45) is 1.91. The number of aromatic nitrogens is 2. The number of halogens is 1. The van der Waals surface area contributed by atoms with Crippen molar-refractivity contribution in [3.05, 3.63) is 81.6 Å². The minimum Gasteiger partial charge on any atom is -0.267 e. The minimum atomic E-state index is -0.476. The first kappa shape index (κ1) is 23.1. The summed E-state index contributed by atoms with van der Waals surface area (Å²) >= 11 is 9.13. The smallest absolute Gasteiger partial charge is 0.267 e. The highest BCUT2D eigenvalue weighted by Gasteiger charge is 2.13. The average molecular weight is 473 g/mol. The molecule has 3 aromatic rings. The number of nitrogens with one attached hydrogen (secondary N) is 2. The maximum absolute atomic E-state index is 12.4. The van der Waals surface area contributed by atoms with Crippen LogP contribution in [0.2, 0.25) is 5.02 Å². The molecule has 31 heavy (non-hydrogen) atoms. The van der Waals surface area contributed by atoms with Crippen molar-refractivity contribution in [1.82, 2.24) is 20.8 Å². The SMILES string of the molecule is CSc1ccc(Cl)c(C(=O)NNC(=O)c2ccc(CSc3nc(C)cc(C)n3)cc2)c1. The topological polar surface area (TPSA) is 84.0 Å². The van der Waals surface area contributed by atoms with Crippen LogP contribution in [0.1, 0.15) is 37.7 Å². The van der Waals surface area contributed by atoms with Crippen LogP contribution in [0.15, 0.2) is 58.6 Å². The Hall–Kier alpha value is -2.55. The van der Waals surface area contributed by atoms with Crippen LogP contribution < -0.4 is 10.9 Å². The minimum absolute atomic E-state index is 0.301. The summed E-state index contributed by atoms with van der Waals surface area (Å²) in [4.78, 5) is 34.5. The van der Waals surface area contributed by atoms with E-state index in [-0.39, 0.29) is 0 Å². The lowest BCUT2D eigenvalue weighted by molar-refractivity contribution is 0.0846. The van der Waals surface area contributed by atoms with Crippen molar-refractivity contribution >= 4 is 46.9 Å². The Morgan fingerprint density at radius 1 is 0.935 bits per heavy atom. The molecule has 2 aromatic carbocycles. The molecule has 160 valence electrons. The Balaban J connectivity index is 1.56. The summed E-state index contributed by atoms with van der Waals surface area (Å²) in [7, 11) is 0. The van der Waals surface area contributed by atoms with Crippen molar-refractivity contribution in [2.45, 2.75) is 29.7 Å².